The molecule has 3 N–H and O–H groups in total. The van der Waals surface area contributed by atoms with Gasteiger partial charge in [0.25, 0.3) is 0 Å². The summed E-state index contributed by atoms with van der Waals surface area (Å²) < 4.78 is 0. The molecule has 0 saturated heterocycles. The number of hydrogen-bond acceptors (Lipinski definition) is 2. The zero-order valence-electron chi connectivity index (χ0n) is 6.42. The summed E-state index contributed by atoms with van der Waals surface area (Å²) in [7, 11) is 0. The number of aliphatic carboxylic acids is 1. The lowest BCUT2D eigenvalue weighted by Crippen LogP contribution is -2.15. The maximum Gasteiger partial charge on any atom is 0.307 e. The van der Waals surface area contributed by atoms with Gasteiger partial charge in [0, 0.05) is 5.70 Å². The van der Waals surface area contributed by atoms with Crippen LogP contribution in [0.2, 0.25) is 0 Å². The summed E-state index contributed by atoms with van der Waals surface area (Å²) in [6.45, 7) is 6.90. The Labute approximate surface area is 66.2 Å². The fourth-order valence-electron chi connectivity index (χ4n) is 0.789. The predicted molar refractivity (Wildman–Crippen MR) is 43.9 cm³/mol. The highest BCUT2D eigenvalue weighted by Crippen LogP contribution is 2.11. The molecule has 0 heterocycles. The van der Waals surface area contributed by atoms with Crippen molar-refractivity contribution in [3.8, 4) is 0 Å². The Morgan fingerprint density at radius 3 is 2.55 bits per heavy atom. The third-order valence-electron chi connectivity index (χ3n) is 1.31. The minimum atomic E-state index is -0.850. The van der Waals surface area contributed by atoms with Crippen molar-refractivity contribution >= 4 is 5.97 Å². The first kappa shape index (κ1) is 9.75. The monoisotopic (exact) mass is 155 g/mol. The van der Waals surface area contributed by atoms with E-state index in [4.69, 9.17) is 10.8 Å². The highest BCUT2D eigenvalue weighted by atomic mass is 16.4. The van der Waals surface area contributed by atoms with E-state index in [1.807, 2.05) is 0 Å². The van der Waals surface area contributed by atoms with E-state index < -0.39 is 11.9 Å². The van der Waals surface area contributed by atoms with Crippen LogP contribution in [0.4, 0.5) is 0 Å². The smallest absolute Gasteiger partial charge is 0.307 e. The quantitative estimate of drug-likeness (QED) is 0.585. The summed E-state index contributed by atoms with van der Waals surface area (Å²) in [5.74, 6) is -1.32. The summed E-state index contributed by atoms with van der Waals surface area (Å²) in [4.78, 5) is 10.5. The van der Waals surface area contributed by atoms with Crippen molar-refractivity contribution < 1.29 is 9.90 Å². The molecular formula is C8H13NO2. The molecule has 0 aromatic heterocycles. The fraction of sp³-hybridized carbons (Fsp3) is 0.375. The van der Waals surface area contributed by atoms with Gasteiger partial charge in [-0.15, -0.1) is 6.58 Å². The van der Waals surface area contributed by atoms with E-state index in [0.717, 1.165) is 0 Å². The van der Waals surface area contributed by atoms with Gasteiger partial charge in [-0.05, 0) is 12.8 Å². The average Bonchev–Trinajstić information content (AvgIpc) is 1.86. The molecule has 0 saturated carbocycles. The first-order valence-electron chi connectivity index (χ1n) is 3.35. The van der Waals surface area contributed by atoms with E-state index in [1.165, 1.54) is 0 Å². The van der Waals surface area contributed by atoms with E-state index in [1.54, 1.807) is 6.08 Å². The van der Waals surface area contributed by atoms with Crippen LogP contribution in [0, 0.1) is 5.92 Å². The van der Waals surface area contributed by atoms with Crippen LogP contribution in [0.3, 0.4) is 0 Å². The third-order valence-corrected chi connectivity index (χ3v) is 1.31. The molecule has 0 aromatic carbocycles. The van der Waals surface area contributed by atoms with Crippen molar-refractivity contribution in [2.24, 2.45) is 11.7 Å². The summed E-state index contributed by atoms with van der Waals surface area (Å²) in [5.41, 5.74) is 5.67. The minimum Gasteiger partial charge on any atom is -0.481 e. The number of carboxylic acid groups (broad SMARTS) is 1. The Balaban J connectivity index is 3.99. The SMILES string of the molecule is C=CCC(CC(=C)N)C(=O)O. The van der Waals surface area contributed by atoms with Crippen LogP contribution in [-0.4, -0.2) is 11.1 Å². The zero-order chi connectivity index (χ0) is 8.85. The third kappa shape index (κ3) is 4.19. The second-order valence-corrected chi connectivity index (χ2v) is 2.42. The maximum atomic E-state index is 10.5. The number of nitrogens with two attached hydrogens (primary N) is 1. The molecule has 0 aliphatic heterocycles. The summed E-state index contributed by atoms with van der Waals surface area (Å²) in [5, 5.41) is 8.61. The van der Waals surface area contributed by atoms with Crippen LogP contribution >= 0.6 is 0 Å². The van der Waals surface area contributed by atoms with Crippen molar-refractivity contribution in [3.63, 3.8) is 0 Å². The van der Waals surface area contributed by atoms with Gasteiger partial charge < -0.3 is 10.8 Å². The molecule has 0 amide bonds. The highest BCUT2D eigenvalue weighted by Gasteiger charge is 2.15. The minimum absolute atomic E-state index is 0.321. The Morgan fingerprint density at radius 2 is 2.27 bits per heavy atom. The van der Waals surface area contributed by atoms with Crippen LogP contribution in [0.5, 0.6) is 0 Å². The second kappa shape index (κ2) is 4.55. The number of hydrogen-bond donors (Lipinski definition) is 2. The maximum absolute atomic E-state index is 10.5. The molecule has 0 spiro atoms. The van der Waals surface area contributed by atoms with Crippen LogP contribution in [0.25, 0.3) is 0 Å². The van der Waals surface area contributed by atoms with Crippen molar-refractivity contribution in [1.29, 1.82) is 0 Å². The van der Waals surface area contributed by atoms with Gasteiger partial charge in [0.1, 0.15) is 0 Å². The molecule has 1 unspecified atom stereocenters. The van der Waals surface area contributed by atoms with Gasteiger partial charge >= 0.3 is 5.97 Å². The Hall–Kier alpha value is -1.25. The van der Waals surface area contributed by atoms with Crippen LogP contribution in [-0.2, 0) is 4.79 Å². The molecule has 0 rings (SSSR count). The van der Waals surface area contributed by atoms with Gasteiger partial charge in [0.15, 0.2) is 0 Å². The van der Waals surface area contributed by atoms with E-state index in [9.17, 15) is 4.79 Å². The molecule has 3 nitrogen and oxygen atoms in total. The van der Waals surface area contributed by atoms with Crippen LogP contribution in [0.15, 0.2) is 24.9 Å². The van der Waals surface area contributed by atoms with E-state index in [-0.39, 0.29) is 0 Å². The molecule has 0 radical (unpaired) electrons. The lowest BCUT2D eigenvalue weighted by Gasteiger charge is -2.08. The molecule has 0 aliphatic rings. The summed E-state index contributed by atoms with van der Waals surface area (Å²) >= 11 is 0. The summed E-state index contributed by atoms with van der Waals surface area (Å²) in [6, 6.07) is 0. The predicted octanol–water partition coefficient (Wildman–Crippen LogP) is 1.13. The summed E-state index contributed by atoms with van der Waals surface area (Å²) in [6.07, 6.45) is 2.33. The first-order chi connectivity index (χ1) is 5.07. The Morgan fingerprint density at radius 1 is 1.73 bits per heavy atom. The van der Waals surface area contributed by atoms with Crippen molar-refractivity contribution in [2.75, 3.05) is 0 Å². The molecule has 11 heavy (non-hydrogen) atoms. The topological polar surface area (TPSA) is 63.3 Å². The molecule has 0 aliphatic carbocycles. The normalized spacial score (nSPS) is 12.0. The number of carboxylic acids is 1. The lowest BCUT2D eigenvalue weighted by molar-refractivity contribution is -0.141. The van der Waals surface area contributed by atoms with E-state index in [0.29, 0.717) is 18.5 Å². The van der Waals surface area contributed by atoms with Gasteiger partial charge in [-0.25, -0.2) is 0 Å². The van der Waals surface area contributed by atoms with Gasteiger partial charge in [0.05, 0.1) is 5.92 Å². The van der Waals surface area contributed by atoms with Crippen molar-refractivity contribution in [2.45, 2.75) is 12.8 Å². The molecule has 0 fully saturated rings. The van der Waals surface area contributed by atoms with Gasteiger partial charge in [-0.1, -0.05) is 12.7 Å². The number of carbonyl (C=O) groups is 1. The molecule has 62 valence electrons. The van der Waals surface area contributed by atoms with Crippen LogP contribution in [0.1, 0.15) is 12.8 Å². The molecule has 0 aromatic rings. The van der Waals surface area contributed by atoms with Crippen LogP contribution < -0.4 is 5.73 Å². The Bertz CT molecular complexity index is 175. The highest BCUT2D eigenvalue weighted by molar-refractivity contribution is 5.70. The van der Waals surface area contributed by atoms with E-state index in [2.05, 4.69) is 13.2 Å². The average molecular weight is 155 g/mol. The van der Waals surface area contributed by atoms with E-state index >= 15 is 0 Å². The number of rotatable bonds is 5. The van der Waals surface area contributed by atoms with Gasteiger partial charge in [0.2, 0.25) is 0 Å². The van der Waals surface area contributed by atoms with Gasteiger partial charge in [-0.3, -0.25) is 4.79 Å². The number of allylic oxidation sites excluding steroid dienone is 2. The Kier molecular flexibility index (Phi) is 4.03. The molecule has 1 atom stereocenters. The first-order valence-corrected chi connectivity index (χ1v) is 3.35. The van der Waals surface area contributed by atoms with Crippen molar-refractivity contribution in [1.82, 2.24) is 0 Å². The van der Waals surface area contributed by atoms with Gasteiger partial charge in [-0.2, -0.15) is 0 Å². The molecule has 3 heteroatoms. The molecule has 0 bridgehead atoms. The standard InChI is InChI=1S/C8H13NO2/c1-3-4-7(8(10)11)5-6(2)9/h3,7H,1-2,4-5,9H2,(H,10,11). The second-order valence-electron chi connectivity index (χ2n) is 2.42. The van der Waals surface area contributed by atoms with Crippen molar-refractivity contribution in [3.05, 3.63) is 24.9 Å². The molecular weight excluding hydrogens is 142 g/mol. The lowest BCUT2D eigenvalue weighted by atomic mass is 10.0. The largest absolute Gasteiger partial charge is 0.481 e. The fourth-order valence-corrected chi connectivity index (χ4v) is 0.789. The zero-order valence-corrected chi connectivity index (χ0v) is 6.42.